The Bertz CT molecular complexity index is 821. The minimum absolute atomic E-state index is 0.131. The van der Waals surface area contributed by atoms with Gasteiger partial charge in [0, 0.05) is 32.1 Å². The second-order valence-corrected chi connectivity index (χ2v) is 7.44. The Labute approximate surface area is 167 Å². The summed E-state index contributed by atoms with van der Waals surface area (Å²) in [5, 5.41) is 3.75. The van der Waals surface area contributed by atoms with Crippen molar-refractivity contribution in [3.63, 3.8) is 0 Å². The average Bonchev–Trinajstić information content (AvgIpc) is 3.38. The Hall–Kier alpha value is -2.46. The zero-order valence-corrected chi connectivity index (χ0v) is 17.0. The molecule has 0 spiro atoms. The number of nitrogens with zero attached hydrogens (tertiary/aromatic N) is 3. The normalized spacial score (nSPS) is 19.5. The monoisotopic (exact) mass is 407 g/mol. The summed E-state index contributed by atoms with van der Waals surface area (Å²) in [5.74, 6) is -0.284. The Morgan fingerprint density at radius 1 is 1.36 bits per heavy atom. The fourth-order valence-corrected chi connectivity index (χ4v) is 3.94. The molecule has 28 heavy (non-hydrogen) atoms. The summed E-state index contributed by atoms with van der Waals surface area (Å²) in [4.78, 5) is 38.3. The van der Waals surface area contributed by atoms with E-state index in [4.69, 9.17) is 9.47 Å². The van der Waals surface area contributed by atoms with Gasteiger partial charge in [0.25, 0.3) is 5.91 Å². The highest BCUT2D eigenvalue weighted by molar-refractivity contribution is 7.17. The Kier molecular flexibility index (Phi) is 6.63. The molecule has 2 aromatic heterocycles. The van der Waals surface area contributed by atoms with Gasteiger partial charge in [-0.25, -0.2) is 14.8 Å². The number of anilines is 1. The van der Waals surface area contributed by atoms with Crippen LogP contribution in [0.15, 0.2) is 12.4 Å². The first-order chi connectivity index (χ1) is 13.5. The first kappa shape index (κ1) is 20.3. The molecular formula is C18H25N5O4S. The second kappa shape index (κ2) is 9.16. The van der Waals surface area contributed by atoms with E-state index in [1.165, 1.54) is 17.5 Å². The van der Waals surface area contributed by atoms with Crippen LogP contribution in [-0.4, -0.2) is 65.8 Å². The number of esters is 1. The van der Waals surface area contributed by atoms with Gasteiger partial charge in [-0.15, -0.1) is 0 Å². The molecule has 3 rings (SSSR count). The zero-order valence-electron chi connectivity index (χ0n) is 16.2. The summed E-state index contributed by atoms with van der Waals surface area (Å²) in [6, 6.07) is -0.131. The molecule has 152 valence electrons. The van der Waals surface area contributed by atoms with Crippen LogP contribution >= 0.6 is 11.3 Å². The predicted octanol–water partition coefficient (Wildman–Crippen LogP) is 1.63. The van der Waals surface area contributed by atoms with Crippen molar-refractivity contribution in [1.82, 2.24) is 20.3 Å². The maximum atomic E-state index is 12.5. The fourth-order valence-electron chi connectivity index (χ4n) is 3.09. The van der Waals surface area contributed by atoms with E-state index >= 15 is 0 Å². The summed E-state index contributed by atoms with van der Waals surface area (Å²) in [7, 11) is 1.63. The van der Waals surface area contributed by atoms with Gasteiger partial charge >= 0.3 is 5.97 Å². The van der Waals surface area contributed by atoms with Gasteiger partial charge in [-0.2, -0.15) is 0 Å². The van der Waals surface area contributed by atoms with E-state index in [0.29, 0.717) is 36.8 Å². The van der Waals surface area contributed by atoms with Crippen LogP contribution in [0.25, 0.3) is 0 Å². The first-order valence-corrected chi connectivity index (χ1v) is 10.1. The Balaban J connectivity index is 1.62. The number of methoxy groups -OCH3 is 1. The lowest BCUT2D eigenvalue weighted by Crippen LogP contribution is -2.55. The first-order valence-electron chi connectivity index (χ1n) is 9.31. The maximum absolute atomic E-state index is 12.5. The van der Waals surface area contributed by atoms with Crippen molar-refractivity contribution in [2.75, 3.05) is 31.7 Å². The highest BCUT2D eigenvalue weighted by atomic mass is 32.1. The minimum atomic E-state index is -0.360. The number of rotatable bonds is 7. The molecule has 1 fully saturated rings. The number of carbonyl (C=O) groups is 2. The third-order valence-electron chi connectivity index (χ3n) is 4.64. The molecule has 2 N–H and O–H groups in total. The quantitative estimate of drug-likeness (QED) is 0.671. The third kappa shape index (κ3) is 4.50. The van der Waals surface area contributed by atoms with Gasteiger partial charge in [0.15, 0.2) is 11.0 Å². The number of H-pyrrole nitrogens is 1. The number of carbonyl (C=O) groups excluding carboxylic acids is 2. The summed E-state index contributed by atoms with van der Waals surface area (Å²) >= 11 is 1.30. The number of thiazole rings is 1. The van der Waals surface area contributed by atoms with Crippen LogP contribution in [0.5, 0.6) is 0 Å². The van der Waals surface area contributed by atoms with Crippen LogP contribution in [-0.2, 0) is 15.9 Å². The van der Waals surface area contributed by atoms with Crippen LogP contribution in [0.4, 0.5) is 5.13 Å². The van der Waals surface area contributed by atoms with Gasteiger partial charge in [-0.3, -0.25) is 4.79 Å². The zero-order chi connectivity index (χ0) is 20.1. The van der Waals surface area contributed by atoms with Crippen molar-refractivity contribution in [3.8, 4) is 0 Å². The number of hydrogen-bond acceptors (Lipinski definition) is 8. The van der Waals surface area contributed by atoms with Crippen molar-refractivity contribution >= 4 is 28.3 Å². The molecule has 0 aliphatic carbocycles. The van der Waals surface area contributed by atoms with E-state index in [1.54, 1.807) is 20.2 Å². The number of piperidine rings is 1. The largest absolute Gasteiger partial charge is 0.462 e. The molecule has 1 aliphatic rings. The smallest absolute Gasteiger partial charge is 0.350 e. The lowest BCUT2D eigenvalue weighted by atomic mass is 10.0. The molecule has 1 aliphatic heterocycles. The number of imidazole rings is 1. The van der Waals surface area contributed by atoms with E-state index in [2.05, 4.69) is 25.2 Å². The molecule has 0 unspecified atom stereocenters. The lowest BCUT2D eigenvalue weighted by Gasteiger charge is -2.37. The van der Waals surface area contributed by atoms with Crippen molar-refractivity contribution in [2.45, 2.75) is 38.8 Å². The molecular weight excluding hydrogens is 382 g/mol. The summed E-state index contributed by atoms with van der Waals surface area (Å²) in [5.41, 5.74) is 0.921. The van der Waals surface area contributed by atoms with Crippen molar-refractivity contribution in [3.05, 3.63) is 28.8 Å². The van der Waals surface area contributed by atoms with Crippen LogP contribution in [0.1, 0.15) is 46.3 Å². The topological polar surface area (TPSA) is 109 Å². The van der Waals surface area contributed by atoms with Gasteiger partial charge < -0.3 is 24.7 Å². The number of hydrogen-bond donors (Lipinski definition) is 2. The van der Waals surface area contributed by atoms with Crippen LogP contribution in [0.2, 0.25) is 0 Å². The number of amides is 1. The van der Waals surface area contributed by atoms with Gasteiger partial charge in [0.1, 0.15) is 4.88 Å². The van der Waals surface area contributed by atoms with E-state index < -0.39 is 0 Å². The number of aryl methyl sites for hydroxylation is 1. The molecule has 0 bridgehead atoms. The molecule has 0 radical (unpaired) electrons. The molecule has 0 aromatic carbocycles. The highest BCUT2D eigenvalue weighted by Gasteiger charge is 2.32. The predicted molar refractivity (Wildman–Crippen MR) is 105 cm³/mol. The molecule has 9 nitrogen and oxygen atoms in total. The molecule has 1 saturated heterocycles. The van der Waals surface area contributed by atoms with E-state index in [-0.39, 0.29) is 24.0 Å². The Morgan fingerprint density at radius 2 is 2.18 bits per heavy atom. The molecule has 2 atom stereocenters. The van der Waals surface area contributed by atoms with Crippen molar-refractivity contribution in [2.24, 2.45) is 0 Å². The van der Waals surface area contributed by atoms with Crippen molar-refractivity contribution in [1.29, 1.82) is 0 Å². The number of nitrogens with one attached hydrogen (secondary N) is 2. The minimum Gasteiger partial charge on any atom is -0.462 e. The van der Waals surface area contributed by atoms with E-state index in [0.717, 1.165) is 17.2 Å². The number of ether oxygens (including phenoxy) is 2. The van der Waals surface area contributed by atoms with Gasteiger partial charge in [-0.1, -0.05) is 18.3 Å². The van der Waals surface area contributed by atoms with Gasteiger partial charge in [0.05, 0.1) is 24.9 Å². The fraction of sp³-hybridized carbons (Fsp3) is 0.556. The van der Waals surface area contributed by atoms with E-state index in [1.807, 2.05) is 6.92 Å². The summed E-state index contributed by atoms with van der Waals surface area (Å²) < 4.78 is 10.6. The molecule has 2 aromatic rings. The number of aromatic nitrogens is 3. The third-order valence-corrected chi connectivity index (χ3v) is 5.68. The summed E-state index contributed by atoms with van der Waals surface area (Å²) in [6.45, 7) is 5.36. The van der Waals surface area contributed by atoms with Crippen LogP contribution in [0.3, 0.4) is 0 Å². The Morgan fingerprint density at radius 3 is 2.86 bits per heavy atom. The molecule has 10 heteroatoms. The standard InChI is InChI=1S/C18H25N5O4S/c1-4-11-8-19-15(21-11)16(24)22-12-6-7-23(10-13(12)26-3)18-20-9-14(28-18)17(25)27-5-2/h8-9,12-13H,4-7,10H2,1-3H3,(H,19,21)(H,22,24)/t12-,13+/m0/s1. The lowest BCUT2D eigenvalue weighted by molar-refractivity contribution is 0.0530. The molecule has 1 amide bonds. The van der Waals surface area contributed by atoms with Crippen molar-refractivity contribution < 1.29 is 19.1 Å². The van der Waals surface area contributed by atoms with Gasteiger partial charge in [-0.05, 0) is 19.8 Å². The van der Waals surface area contributed by atoms with Gasteiger partial charge in [0.2, 0.25) is 0 Å². The van der Waals surface area contributed by atoms with E-state index in [9.17, 15) is 9.59 Å². The van der Waals surface area contributed by atoms with Crippen LogP contribution in [0, 0.1) is 0 Å². The SMILES string of the molecule is CCOC(=O)c1cnc(N2CC[C@H](NC(=O)c3ncc(CC)[nH]3)[C@H](OC)C2)s1. The maximum Gasteiger partial charge on any atom is 0.350 e. The molecule has 3 heterocycles. The number of aromatic amines is 1. The summed E-state index contributed by atoms with van der Waals surface area (Å²) in [6.07, 6.45) is 4.50. The second-order valence-electron chi connectivity index (χ2n) is 6.43. The van der Waals surface area contributed by atoms with Crippen LogP contribution < -0.4 is 10.2 Å². The highest BCUT2D eigenvalue weighted by Crippen LogP contribution is 2.27. The molecule has 0 saturated carbocycles. The average molecular weight is 407 g/mol.